The predicted octanol–water partition coefficient (Wildman–Crippen LogP) is 6.73. The van der Waals surface area contributed by atoms with E-state index in [4.69, 9.17) is 4.74 Å². The van der Waals surface area contributed by atoms with Crippen LogP contribution in [0.15, 0.2) is 91.0 Å². The zero-order chi connectivity index (χ0) is 26.3. The molecule has 5 nitrogen and oxygen atoms in total. The van der Waals surface area contributed by atoms with Gasteiger partial charge in [0.2, 0.25) is 0 Å². The average molecular weight is 499 g/mol. The van der Waals surface area contributed by atoms with E-state index in [1.165, 1.54) is 11.1 Å². The van der Waals surface area contributed by atoms with Crippen molar-refractivity contribution in [1.82, 2.24) is 9.80 Å². The van der Waals surface area contributed by atoms with E-state index < -0.39 is 5.60 Å². The number of likely N-dealkylation sites (tertiary alicyclic amines) is 1. The number of benzene rings is 3. The summed E-state index contributed by atoms with van der Waals surface area (Å²) in [5.41, 5.74) is 2.49. The second kappa shape index (κ2) is 12.2. The van der Waals surface area contributed by atoms with Crippen LogP contribution in [0.5, 0.6) is 0 Å². The summed E-state index contributed by atoms with van der Waals surface area (Å²) < 4.78 is 5.82. The first kappa shape index (κ1) is 26.6. The molecule has 3 aromatic rings. The first-order valence-corrected chi connectivity index (χ1v) is 13.2. The van der Waals surface area contributed by atoms with Gasteiger partial charge in [0.1, 0.15) is 5.60 Å². The van der Waals surface area contributed by atoms with E-state index in [1.54, 1.807) is 0 Å². The highest BCUT2D eigenvalue weighted by molar-refractivity contribution is 5.96. The molecule has 0 aromatic heterocycles. The molecule has 1 aliphatic rings. The molecule has 37 heavy (non-hydrogen) atoms. The lowest BCUT2D eigenvalue weighted by atomic mass is 9.89. The highest BCUT2D eigenvalue weighted by Gasteiger charge is 2.40. The van der Waals surface area contributed by atoms with E-state index in [1.807, 2.05) is 68.1 Å². The van der Waals surface area contributed by atoms with Gasteiger partial charge >= 0.3 is 6.09 Å². The number of Topliss-reactive ketones (excluding diaryl/α,β-unsaturated/α-hetero) is 1. The molecule has 1 heterocycles. The maximum atomic E-state index is 13.5. The summed E-state index contributed by atoms with van der Waals surface area (Å²) >= 11 is 0. The quantitative estimate of drug-likeness (QED) is 0.323. The van der Waals surface area contributed by atoms with E-state index in [0.29, 0.717) is 12.1 Å². The third kappa shape index (κ3) is 7.53. The minimum Gasteiger partial charge on any atom is -0.444 e. The standard InChI is InChI=1S/C32H38N2O3/c1-32(2,3)37-31(36)34-21-13-20-28(29(34)22-30(35)27-18-11-6-12-19-27)33(23-25-14-7-4-8-15-25)24-26-16-9-5-10-17-26/h4-12,14-19,28-29H,13,20-24H2,1-3H3/t28-,29+/m0/s1. The summed E-state index contributed by atoms with van der Waals surface area (Å²) in [4.78, 5) is 31.1. The number of ether oxygens (including phenoxy) is 1. The first-order chi connectivity index (χ1) is 17.8. The van der Waals surface area contributed by atoms with Crippen molar-refractivity contribution in [2.75, 3.05) is 6.54 Å². The van der Waals surface area contributed by atoms with Gasteiger partial charge in [0.15, 0.2) is 5.78 Å². The van der Waals surface area contributed by atoms with Crippen LogP contribution in [0, 0.1) is 0 Å². The molecule has 0 N–H and O–H groups in total. The van der Waals surface area contributed by atoms with Crippen molar-refractivity contribution in [3.05, 3.63) is 108 Å². The second-order valence-electron chi connectivity index (χ2n) is 10.8. The fraction of sp³-hybridized carbons (Fsp3) is 0.375. The van der Waals surface area contributed by atoms with E-state index in [2.05, 4.69) is 53.4 Å². The van der Waals surface area contributed by atoms with Crippen molar-refractivity contribution in [3.8, 4) is 0 Å². The molecule has 1 fully saturated rings. The number of hydrogen-bond acceptors (Lipinski definition) is 4. The van der Waals surface area contributed by atoms with Crippen LogP contribution < -0.4 is 0 Å². The Bertz CT molecular complexity index is 1100. The molecule has 0 bridgehead atoms. The molecule has 0 unspecified atom stereocenters. The molecule has 0 radical (unpaired) electrons. The molecule has 0 saturated carbocycles. The number of rotatable bonds is 8. The summed E-state index contributed by atoms with van der Waals surface area (Å²) in [6, 6.07) is 29.9. The molecule has 1 saturated heterocycles. The number of amides is 1. The van der Waals surface area contributed by atoms with E-state index in [-0.39, 0.29) is 30.4 Å². The Labute approximate surface area is 221 Å². The molecule has 5 heteroatoms. The number of carbonyl (C=O) groups excluding carboxylic acids is 2. The number of carbonyl (C=O) groups is 2. The van der Waals surface area contributed by atoms with Crippen LogP contribution >= 0.6 is 0 Å². The Balaban J connectivity index is 1.68. The van der Waals surface area contributed by atoms with E-state index in [9.17, 15) is 9.59 Å². The minimum absolute atomic E-state index is 0.00865. The van der Waals surface area contributed by atoms with Crippen LogP contribution in [0.3, 0.4) is 0 Å². The SMILES string of the molecule is CC(C)(C)OC(=O)N1CCC[C@H](N(Cc2ccccc2)Cc2ccccc2)[C@H]1CC(=O)c1ccccc1. The van der Waals surface area contributed by atoms with E-state index >= 15 is 0 Å². The monoisotopic (exact) mass is 498 g/mol. The molecule has 1 amide bonds. The second-order valence-corrected chi connectivity index (χ2v) is 10.8. The van der Waals surface area contributed by atoms with Gasteiger partial charge in [-0.15, -0.1) is 0 Å². The van der Waals surface area contributed by atoms with Gasteiger partial charge in [0.05, 0.1) is 6.04 Å². The van der Waals surface area contributed by atoms with Gasteiger partial charge in [-0.2, -0.15) is 0 Å². The lowest BCUT2D eigenvalue weighted by molar-refractivity contribution is -0.0140. The van der Waals surface area contributed by atoms with Gasteiger partial charge in [-0.25, -0.2) is 4.79 Å². The number of hydrogen-bond donors (Lipinski definition) is 0. The van der Waals surface area contributed by atoms with Gasteiger partial charge in [-0.3, -0.25) is 9.69 Å². The van der Waals surface area contributed by atoms with Crippen LogP contribution in [0.1, 0.15) is 61.5 Å². The maximum absolute atomic E-state index is 13.5. The summed E-state index contributed by atoms with van der Waals surface area (Å²) in [5, 5.41) is 0. The Morgan fingerprint density at radius 1 is 0.838 bits per heavy atom. The largest absolute Gasteiger partial charge is 0.444 e. The first-order valence-electron chi connectivity index (χ1n) is 13.2. The lowest BCUT2D eigenvalue weighted by Crippen LogP contribution is -2.58. The van der Waals surface area contributed by atoms with Gasteiger partial charge in [-0.05, 0) is 44.7 Å². The van der Waals surface area contributed by atoms with Crippen molar-refractivity contribution in [3.63, 3.8) is 0 Å². The predicted molar refractivity (Wildman–Crippen MR) is 147 cm³/mol. The molecular weight excluding hydrogens is 460 g/mol. The van der Waals surface area contributed by atoms with Gasteiger partial charge in [0.25, 0.3) is 0 Å². The fourth-order valence-electron chi connectivity index (χ4n) is 5.11. The number of ketones is 1. The molecule has 1 aliphatic heterocycles. The Hall–Kier alpha value is -3.44. The van der Waals surface area contributed by atoms with Crippen LogP contribution in [0.4, 0.5) is 4.79 Å². The molecule has 194 valence electrons. The average Bonchev–Trinajstić information content (AvgIpc) is 2.89. The summed E-state index contributed by atoms with van der Waals surface area (Å²) in [5.74, 6) is 0.0467. The normalized spacial score (nSPS) is 18.0. The highest BCUT2D eigenvalue weighted by Crippen LogP contribution is 2.30. The molecule has 4 rings (SSSR count). The van der Waals surface area contributed by atoms with Gasteiger partial charge < -0.3 is 9.64 Å². The molecule has 0 aliphatic carbocycles. The van der Waals surface area contributed by atoms with Crippen LogP contribution in [0.25, 0.3) is 0 Å². The Morgan fingerprint density at radius 2 is 1.35 bits per heavy atom. The van der Waals surface area contributed by atoms with Crippen LogP contribution in [0.2, 0.25) is 0 Å². The fourth-order valence-corrected chi connectivity index (χ4v) is 5.11. The Kier molecular flexibility index (Phi) is 8.78. The zero-order valence-corrected chi connectivity index (χ0v) is 22.2. The highest BCUT2D eigenvalue weighted by atomic mass is 16.6. The van der Waals surface area contributed by atoms with Crippen molar-refractivity contribution >= 4 is 11.9 Å². The third-order valence-electron chi connectivity index (χ3n) is 6.79. The van der Waals surface area contributed by atoms with Crippen molar-refractivity contribution in [2.24, 2.45) is 0 Å². The summed E-state index contributed by atoms with van der Waals surface area (Å²) in [6.07, 6.45) is 1.68. The maximum Gasteiger partial charge on any atom is 0.410 e. The topological polar surface area (TPSA) is 49.9 Å². The molecule has 3 aromatic carbocycles. The van der Waals surface area contributed by atoms with Crippen molar-refractivity contribution < 1.29 is 14.3 Å². The number of piperidine rings is 1. The third-order valence-corrected chi connectivity index (χ3v) is 6.79. The number of nitrogens with zero attached hydrogens (tertiary/aromatic N) is 2. The minimum atomic E-state index is -0.605. The van der Waals surface area contributed by atoms with Crippen molar-refractivity contribution in [2.45, 2.75) is 70.8 Å². The molecule has 0 spiro atoms. The van der Waals surface area contributed by atoms with Crippen molar-refractivity contribution in [1.29, 1.82) is 0 Å². The lowest BCUT2D eigenvalue weighted by Gasteiger charge is -2.46. The van der Waals surface area contributed by atoms with E-state index in [0.717, 1.165) is 25.9 Å². The van der Waals surface area contributed by atoms with Gasteiger partial charge in [0, 0.05) is 37.7 Å². The Morgan fingerprint density at radius 3 is 1.86 bits per heavy atom. The van der Waals surface area contributed by atoms with Crippen LogP contribution in [-0.2, 0) is 17.8 Å². The molecule has 2 atom stereocenters. The summed E-state index contributed by atoms with van der Waals surface area (Å²) in [6.45, 7) is 7.70. The van der Waals surface area contributed by atoms with Gasteiger partial charge in [-0.1, -0.05) is 91.0 Å². The van der Waals surface area contributed by atoms with Crippen LogP contribution in [-0.4, -0.2) is 45.9 Å². The summed E-state index contributed by atoms with van der Waals surface area (Å²) in [7, 11) is 0. The molecular formula is C32H38N2O3. The smallest absolute Gasteiger partial charge is 0.410 e. The zero-order valence-electron chi connectivity index (χ0n) is 22.2.